The van der Waals surface area contributed by atoms with Gasteiger partial charge < -0.3 is 4.90 Å². The minimum Gasteiger partial charge on any atom is -0.341 e. The monoisotopic (exact) mass is 211 g/mol. The summed E-state index contributed by atoms with van der Waals surface area (Å²) in [5.41, 5.74) is 1.22. The molecule has 3 heteroatoms. The van der Waals surface area contributed by atoms with Crippen LogP contribution in [0.25, 0.3) is 0 Å². The van der Waals surface area contributed by atoms with Crippen molar-refractivity contribution in [2.24, 2.45) is 0 Å². The van der Waals surface area contributed by atoms with Crippen LogP contribution in [0.5, 0.6) is 0 Å². The van der Waals surface area contributed by atoms with Gasteiger partial charge in [0.1, 0.15) is 0 Å². The van der Waals surface area contributed by atoms with E-state index in [2.05, 4.69) is 18.4 Å². The number of nitrogens with zero attached hydrogens (tertiary/aromatic N) is 1. The quantitative estimate of drug-likeness (QED) is 0.733. The van der Waals surface area contributed by atoms with Gasteiger partial charge in [-0.3, -0.25) is 4.79 Å². The van der Waals surface area contributed by atoms with Crippen molar-refractivity contribution in [1.82, 2.24) is 4.90 Å². The van der Waals surface area contributed by atoms with Crippen molar-refractivity contribution in [1.29, 1.82) is 0 Å². The third kappa shape index (κ3) is 3.50. The first-order valence-corrected chi connectivity index (χ1v) is 5.93. The van der Waals surface area contributed by atoms with E-state index in [1.54, 1.807) is 16.2 Å². The van der Waals surface area contributed by atoms with E-state index in [9.17, 15) is 4.79 Å². The second kappa shape index (κ2) is 5.81. The molecule has 0 aliphatic rings. The smallest absolute Gasteiger partial charge is 0.222 e. The van der Waals surface area contributed by atoms with E-state index in [1.807, 2.05) is 12.4 Å². The molecular formula is C11H17NOS. The standard InChI is InChI=1S/C11H17NOS/c1-3-4-5-11(13)12(2)8-10-6-7-14-9-10/h6-7,9H,3-5,8H2,1-2H3. The summed E-state index contributed by atoms with van der Waals surface area (Å²) in [5.74, 6) is 0.248. The van der Waals surface area contributed by atoms with Crippen LogP contribution in [0.2, 0.25) is 0 Å². The highest BCUT2D eigenvalue weighted by Crippen LogP contribution is 2.09. The first kappa shape index (κ1) is 11.2. The Morgan fingerprint density at radius 2 is 2.36 bits per heavy atom. The van der Waals surface area contributed by atoms with Gasteiger partial charge in [0, 0.05) is 20.0 Å². The van der Waals surface area contributed by atoms with Crippen molar-refractivity contribution in [2.45, 2.75) is 32.7 Å². The lowest BCUT2D eigenvalue weighted by Gasteiger charge is -2.15. The SMILES string of the molecule is CCCCC(=O)N(C)Cc1ccsc1. The number of thiophene rings is 1. The lowest BCUT2D eigenvalue weighted by Crippen LogP contribution is -2.25. The van der Waals surface area contributed by atoms with E-state index in [0.717, 1.165) is 19.4 Å². The number of unbranched alkanes of at least 4 members (excludes halogenated alkanes) is 1. The number of rotatable bonds is 5. The maximum Gasteiger partial charge on any atom is 0.222 e. The normalized spacial score (nSPS) is 10.1. The van der Waals surface area contributed by atoms with Crippen LogP contribution in [0.3, 0.4) is 0 Å². The Labute approximate surface area is 89.5 Å². The lowest BCUT2D eigenvalue weighted by atomic mass is 10.2. The number of carbonyl (C=O) groups excluding carboxylic acids is 1. The molecule has 0 radical (unpaired) electrons. The van der Waals surface area contributed by atoms with E-state index in [1.165, 1.54) is 5.56 Å². The third-order valence-electron chi connectivity index (χ3n) is 2.17. The maximum absolute atomic E-state index is 11.6. The molecular weight excluding hydrogens is 194 g/mol. The molecule has 0 N–H and O–H groups in total. The van der Waals surface area contributed by atoms with Crippen LogP contribution in [0.4, 0.5) is 0 Å². The number of hydrogen-bond donors (Lipinski definition) is 0. The average molecular weight is 211 g/mol. The minimum atomic E-state index is 0.248. The van der Waals surface area contributed by atoms with E-state index >= 15 is 0 Å². The van der Waals surface area contributed by atoms with E-state index in [4.69, 9.17) is 0 Å². The number of carbonyl (C=O) groups is 1. The van der Waals surface area contributed by atoms with Crippen molar-refractivity contribution >= 4 is 17.2 Å². The molecule has 1 aromatic heterocycles. The molecule has 1 heterocycles. The van der Waals surface area contributed by atoms with Crippen LogP contribution in [-0.2, 0) is 11.3 Å². The van der Waals surface area contributed by atoms with Crippen molar-refractivity contribution < 1.29 is 4.79 Å². The Balaban J connectivity index is 2.34. The predicted molar refractivity (Wildman–Crippen MR) is 60.3 cm³/mol. The van der Waals surface area contributed by atoms with Gasteiger partial charge >= 0.3 is 0 Å². The van der Waals surface area contributed by atoms with Crippen LogP contribution in [0, 0.1) is 0 Å². The molecule has 14 heavy (non-hydrogen) atoms. The first-order chi connectivity index (χ1) is 6.74. The summed E-state index contributed by atoms with van der Waals surface area (Å²) in [4.78, 5) is 13.4. The van der Waals surface area contributed by atoms with Crippen molar-refractivity contribution in [2.75, 3.05) is 7.05 Å². The molecule has 2 nitrogen and oxygen atoms in total. The molecule has 1 amide bonds. The Morgan fingerprint density at radius 1 is 1.57 bits per heavy atom. The molecule has 0 fully saturated rings. The summed E-state index contributed by atoms with van der Waals surface area (Å²) in [6.45, 7) is 2.85. The van der Waals surface area contributed by atoms with Gasteiger partial charge in [-0.25, -0.2) is 0 Å². The zero-order valence-corrected chi connectivity index (χ0v) is 9.64. The first-order valence-electron chi connectivity index (χ1n) is 4.99. The zero-order valence-electron chi connectivity index (χ0n) is 8.82. The number of amides is 1. The zero-order chi connectivity index (χ0) is 10.4. The van der Waals surface area contributed by atoms with Crippen LogP contribution < -0.4 is 0 Å². The molecule has 0 bridgehead atoms. The van der Waals surface area contributed by atoms with Gasteiger partial charge in [0.25, 0.3) is 0 Å². The highest BCUT2D eigenvalue weighted by molar-refractivity contribution is 7.07. The van der Waals surface area contributed by atoms with Gasteiger partial charge in [-0.05, 0) is 28.8 Å². The highest BCUT2D eigenvalue weighted by atomic mass is 32.1. The summed E-state index contributed by atoms with van der Waals surface area (Å²) < 4.78 is 0. The van der Waals surface area contributed by atoms with E-state index < -0.39 is 0 Å². The lowest BCUT2D eigenvalue weighted by molar-refractivity contribution is -0.130. The molecule has 1 aromatic rings. The summed E-state index contributed by atoms with van der Waals surface area (Å²) in [6, 6.07) is 2.06. The molecule has 0 aliphatic carbocycles. The van der Waals surface area contributed by atoms with Gasteiger partial charge in [-0.15, -0.1) is 0 Å². The van der Waals surface area contributed by atoms with E-state index in [-0.39, 0.29) is 5.91 Å². The third-order valence-corrected chi connectivity index (χ3v) is 2.90. The van der Waals surface area contributed by atoms with Crippen molar-refractivity contribution in [3.05, 3.63) is 22.4 Å². The molecule has 0 aliphatic heterocycles. The van der Waals surface area contributed by atoms with Crippen molar-refractivity contribution in [3.8, 4) is 0 Å². The maximum atomic E-state index is 11.6. The molecule has 0 saturated heterocycles. The fourth-order valence-electron chi connectivity index (χ4n) is 1.26. The summed E-state index contributed by atoms with van der Waals surface area (Å²) >= 11 is 1.67. The fraction of sp³-hybridized carbons (Fsp3) is 0.545. The van der Waals surface area contributed by atoms with Gasteiger partial charge in [0.2, 0.25) is 5.91 Å². The average Bonchev–Trinajstić information content (AvgIpc) is 2.66. The largest absolute Gasteiger partial charge is 0.341 e. The molecule has 0 saturated carbocycles. The summed E-state index contributed by atoms with van der Waals surface area (Å²) in [6.07, 6.45) is 2.75. The molecule has 0 atom stereocenters. The van der Waals surface area contributed by atoms with Crippen molar-refractivity contribution in [3.63, 3.8) is 0 Å². The van der Waals surface area contributed by atoms with Gasteiger partial charge in [-0.2, -0.15) is 11.3 Å². The molecule has 1 rings (SSSR count). The second-order valence-electron chi connectivity index (χ2n) is 3.48. The molecule has 78 valence electrons. The number of hydrogen-bond acceptors (Lipinski definition) is 2. The highest BCUT2D eigenvalue weighted by Gasteiger charge is 2.08. The Morgan fingerprint density at radius 3 is 2.93 bits per heavy atom. The predicted octanol–water partition coefficient (Wildman–Crippen LogP) is 2.90. The molecule has 0 unspecified atom stereocenters. The van der Waals surface area contributed by atoms with Gasteiger partial charge in [0.15, 0.2) is 0 Å². The van der Waals surface area contributed by atoms with Gasteiger partial charge in [0.05, 0.1) is 0 Å². The molecule has 0 aromatic carbocycles. The Hall–Kier alpha value is -0.830. The summed E-state index contributed by atoms with van der Waals surface area (Å²) in [5, 5.41) is 4.13. The van der Waals surface area contributed by atoms with Gasteiger partial charge in [-0.1, -0.05) is 13.3 Å². The topological polar surface area (TPSA) is 20.3 Å². The Kier molecular flexibility index (Phi) is 4.66. The Bertz CT molecular complexity index is 269. The summed E-state index contributed by atoms with van der Waals surface area (Å²) in [7, 11) is 1.87. The van der Waals surface area contributed by atoms with Crippen LogP contribution in [-0.4, -0.2) is 17.9 Å². The van der Waals surface area contributed by atoms with Crippen LogP contribution >= 0.6 is 11.3 Å². The van der Waals surface area contributed by atoms with Crippen LogP contribution in [0.1, 0.15) is 31.7 Å². The van der Waals surface area contributed by atoms with Crippen LogP contribution in [0.15, 0.2) is 16.8 Å². The molecule has 0 spiro atoms. The second-order valence-corrected chi connectivity index (χ2v) is 4.26. The fourth-order valence-corrected chi connectivity index (χ4v) is 1.92. The minimum absolute atomic E-state index is 0.248. The van der Waals surface area contributed by atoms with E-state index in [0.29, 0.717) is 6.42 Å².